The summed E-state index contributed by atoms with van der Waals surface area (Å²) < 4.78 is 0. The van der Waals surface area contributed by atoms with Gasteiger partial charge in [-0.3, -0.25) is 4.79 Å². The van der Waals surface area contributed by atoms with Crippen LogP contribution in [0.15, 0.2) is 23.3 Å². The van der Waals surface area contributed by atoms with Gasteiger partial charge >= 0.3 is 0 Å². The van der Waals surface area contributed by atoms with Crippen molar-refractivity contribution in [2.24, 2.45) is 5.92 Å². The van der Waals surface area contributed by atoms with E-state index in [1.54, 1.807) is 0 Å². The molecule has 0 spiro atoms. The van der Waals surface area contributed by atoms with E-state index in [1.807, 2.05) is 6.08 Å². The maximum Gasteiger partial charge on any atom is 0.159 e. The Morgan fingerprint density at radius 2 is 2.25 bits per heavy atom. The highest BCUT2D eigenvalue weighted by Gasteiger charge is 2.26. The number of carbonyl (C=O) groups is 1. The number of ketones is 1. The van der Waals surface area contributed by atoms with Crippen molar-refractivity contribution >= 4 is 5.78 Å². The molecule has 0 aliphatic heterocycles. The molecule has 0 N–H and O–H groups in total. The van der Waals surface area contributed by atoms with E-state index >= 15 is 0 Å². The Hall–Kier alpha value is -0.850. The zero-order valence-corrected chi connectivity index (χ0v) is 7.47. The van der Waals surface area contributed by atoms with E-state index in [2.05, 4.69) is 13.0 Å². The summed E-state index contributed by atoms with van der Waals surface area (Å²) in [6.07, 6.45) is 8.31. The average Bonchev–Trinajstić information content (AvgIpc) is 2.04. The highest BCUT2D eigenvalue weighted by molar-refractivity contribution is 5.97. The molecule has 0 aromatic carbocycles. The fourth-order valence-electron chi connectivity index (χ4n) is 2.17. The minimum atomic E-state index is 0.384. The maximum atomic E-state index is 11.4. The molecule has 1 nitrogen and oxygen atoms in total. The number of allylic oxidation sites excluding steroid dienone is 4. The quantitative estimate of drug-likeness (QED) is 0.535. The van der Waals surface area contributed by atoms with Crippen LogP contribution in [0.25, 0.3) is 0 Å². The first-order chi connectivity index (χ1) is 5.77. The van der Waals surface area contributed by atoms with Crippen LogP contribution in [-0.2, 0) is 4.79 Å². The van der Waals surface area contributed by atoms with Gasteiger partial charge in [-0.05, 0) is 37.7 Å². The lowest BCUT2D eigenvalue weighted by molar-refractivity contribution is -0.117. The van der Waals surface area contributed by atoms with E-state index in [9.17, 15) is 4.79 Å². The fourth-order valence-corrected chi connectivity index (χ4v) is 2.17. The van der Waals surface area contributed by atoms with Gasteiger partial charge in [-0.1, -0.05) is 17.7 Å². The molecule has 2 rings (SSSR count). The molecule has 1 heteroatoms. The topological polar surface area (TPSA) is 17.1 Å². The van der Waals surface area contributed by atoms with E-state index in [-0.39, 0.29) is 0 Å². The van der Waals surface area contributed by atoms with Crippen LogP contribution >= 0.6 is 0 Å². The molecule has 2 aliphatic carbocycles. The van der Waals surface area contributed by atoms with Crippen LogP contribution in [0.2, 0.25) is 0 Å². The van der Waals surface area contributed by atoms with E-state index in [0.717, 1.165) is 24.8 Å². The molecule has 2 aliphatic rings. The van der Waals surface area contributed by atoms with Gasteiger partial charge in [0.25, 0.3) is 0 Å². The maximum absolute atomic E-state index is 11.4. The number of fused-ring (bicyclic) bond motifs is 1. The summed E-state index contributed by atoms with van der Waals surface area (Å²) in [5.41, 5.74) is 2.50. The Morgan fingerprint density at radius 3 is 3.08 bits per heavy atom. The molecule has 0 radical (unpaired) electrons. The van der Waals surface area contributed by atoms with Gasteiger partial charge in [0.05, 0.1) is 0 Å². The lowest BCUT2D eigenvalue weighted by Crippen LogP contribution is -2.20. The van der Waals surface area contributed by atoms with Crippen LogP contribution in [0.1, 0.15) is 32.6 Å². The Kier molecular flexibility index (Phi) is 1.87. The Morgan fingerprint density at radius 1 is 1.42 bits per heavy atom. The number of rotatable bonds is 0. The van der Waals surface area contributed by atoms with Crippen LogP contribution in [0, 0.1) is 5.92 Å². The van der Waals surface area contributed by atoms with E-state index in [1.165, 1.54) is 12.0 Å². The first kappa shape index (κ1) is 7.78. The van der Waals surface area contributed by atoms with Gasteiger partial charge in [-0.15, -0.1) is 0 Å². The first-order valence-corrected chi connectivity index (χ1v) is 4.68. The van der Waals surface area contributed by atoms with Crippen LogP contribution in [-0.4, -0.2) is 5.78 Å². The highest BCUT2D eigenvalue weighted by atomic mass is 16.1. The summed E-state index contributed by atoms with van der Waals surface area (Å²) in [4.78, 5) is 11.4. The molecule has 64 valence electrons. The molecule has 12 heavy (non-hydrogen) atoms. The summed E-state index contributed by atoms with van der Waals surface area (Å²) in [5.74, 6) is 0.936. The van der Waals surface area contributed by atoms with Crippen molar-refractivity contribution in [2.45, 2.75) is 32.6 Å². The van der Waals surface area contributed by atoms with Gasteiger partial charge in [0, 0.05) is 6.42 Å². The van der Waals surface area contributed by atoms with Crippen LogP contribution < -0.4 is 0 Å². The molecular formula is C11H14O. The van der Waals surface area contributed by atoms with Crippen molar-refractivity contribution in [3.8, 4) is 0 Å². The molecule has 0 aromatic heterocycles. The van der Waals surface area contributed by atoms with Crippen molar-refractivity contribution in [2.75, 3.05) is 0 Å². The van der Waals surface area contributed by atoms with Crippen molar-refractivity contribution in [3.63, 3.8) is 0 Å². The second-order valence-corrected chi connectivity index (χ2v) is 3.85. The van der Waals surface area contributed by atoms with Crippen molar-refractivity contribution in [1.82, 2.24) is 0 Å². The van der Waals surface area contributed by atoms with E-state index < -0.39 is 0 Å². The van der Waals surface area contributed by atoms with Crippen molar-refractivity contribution in [1.29, 1.82) is 0 Å². The third kappa shape index (κ3) is 1.24. The predicted octanol–water partition coefficient (Wildman–Crippen LogP) is 2.63. The first-order valence-electron chi connectivity index (χ1n) is 4.68. The average molecular weight is 162 g/mol. The Balaban J connectivity index is 2.28. The second kappa shape index (κ2) is 2.89. The summed E-state index contributed by atoms with van der Waals surface area (Å²) in [6.45, 7) is 2.15. The van der Waals surface area contributed by atoms with Gasteiger partial charge < -0.3 is 0 Å². The number of carbonyl (C=O) groups excluding carboxylic acids is 1. The van der Waals surface area contributed by atoms with Crippen molar-refractivity contribution < 1.29 is 4.79 Å². The zero-order valence-electron chi connectivity index (χ0n) is 7.47. The number of Topliss-reactive ketones (excluding diaryl/α,β-unsaturated/α-hetero) is 1. The van der Waals surface area contributed by atoms with E-state index in [4.69, 9.17) is 0 Å². The molecule has 0 saturated heterocycles. The summed E-state index contributed by atoms with van der Waals surface area (Å²) in [7, 11) is 0. The Labute approximate surface area is 73.2 Å². The minimum absolute atomic E-state index is 0.384. The van der Waals surface area contributed by atoms with Gasteiger partial charge in [-0.25, -0.2) is 0 Å². The van der Waals surface area contributed by atoms with Crippen LogP contribution in [0.3, 0.4) is 0 Å². The lowest BCUT2D eigenvalue weighted by Gasteiger charge is -2.26. The minimum Gasteiger partial charge on any atom is -0.295 e. The van der Waals surface area contributed by atoms with Crippen LogP contribution in [0.4, 0.5) is 0 Å². The highest BCUT2D eigenvalue weighted by Crippen LogP contribution is 2.34. The van der Waals surface area contributed by atoms with Gasteiger partial charge in [0.1, 0.15) is 0 Å². The number of hydrogen-bond acceptors (Lipinski definition) is 1. The lowest BCUT2D eigenvalue weighted by atomic mass is 9.77. The molecule has 0 amide bonds. The van der Waals surface area contributed by atoms with Gasteiger partial charge in [-0.2, -0.15) is 0 Å². The predicted molar refractivity (Wildman–Crippen MR) is 48.8 cm³/mol. The molecule has 1 saturated carbocycles. The molecule has 0 bridgehead atoms. The summed E-state index contributed by atoms with van der Waals surface area (Å²) in [5, 5.41) is 0. The third-order valence-corrected chi connectivity index (χ3v) is 2.83. The summed E-state index contributed by atoms with van der Waals surface area (Å²) >= 11 is 0. The molecule has 1 unspecified atom stereocenters. The molecule has 1 fully saturated rings. The fraction of sp³-hybridized carbons (Fsp3) is 0.545. The van der Waals surface area contributed by atoms with E-state index in [0.29, 0.717) is 11.7 Å². The molecule has 0 heterocycles. The molecule has 1 atom stereocenters. The van der Waals surface area contributed by atoms with Gasteiger partial charge in [0.15, 0.2) is 5.78 Å². The largest absolute Gasteiger partial charge is 0.295 e. The van der Waals surface area contributed by atoms with Gasteiger partial charge in [0.2, 0.25) is 0 Å². The normalized spacial score (nSPS) is 29.1. The molecular weight excluding hydrogens is 148 g/mol. The monoisotopic (exact) mass is 162 g/mol. The summed E-state index contributed by atoms with van der Waals surface area (Å²) in [6, 6.07) is 0. The number of hydrogen-bond donors (Lipinski definition) is 0. The second-order valence-electron chi connectivity index (χ2n) is 3.85. The third-order valence-electron chi connectivity index (χ3n) is 2.83. The van der Waals surface area contributed by atoms with Crippen LogP contribution in [0.5, 0.6) is 0 Å². The van der Waals surface area contributed by atoms with Crippen molar-refractivity contribution in [3.05, 3.63) is 23.3 Å². The smallest absolute Gasteiger partial charge is 0.159 e. The Bertz CT molecular complexity index is 271. The standard InChI is InChI=1S/C11H14O/c1-8-5-6-10-9(7-8)3-2-4-11(10)12/h5-6,9H,2-4,7H2,1H3. The zero-order chi connectivity index (χ0) is 8.55. The molecule has 0 aromatic rings. The SMILES string of the molecule is CC1=CC=C2C(=O)CCCC2C1.